The molecule has 0 aliphatic carbocycles. The van der Waals surface area contributed by atoms with Gasteiger partial charge in [0.15, 0.2) is 0 Å². The Labute approximate surface area is 117 Å². The lowest BCUT2D eigenvalue weighted by Gasteiger charge is -2.26. The van der Waals surface area contributed by atoms with Crippen molar-refractivity contribution in [3.8, 4) is 0 Å². The van der Waals surface area contributed by atoms with Crippen molar-refractivity contribution in [3.05, 3.63) is 34.4 Å². The summed E-state index contributed by atoms with van der Waals surface area (Å²) in [5.74, 6) is 0. The summed E-state index contributed by atoms with van der Waals surface area (Å²) in [5, 5.41) is 0. The zero-order valence-corrected chi connectivity index (χ0v) is 12.5. The Morgan fingerprint density at radius 2 is 1.89 bits per heavy atom. The molecular formula is C17H27NO. The van der Waals surface area contributed by atoms with E-state index in [0.717, 1.165) is 19.4 Å². The minimum atomic E-state index is 0.211. The van der Waals surface area contributed by atoms with E-state index in [2.05, 4.69) is 32.9 Å². The van der Waals surface area contributed by atoms with Crippen LogP contribution in [-0.4, -0.2) is 18.8 Å². The minimum Gasteiger partial charge on any atom is -0.378 e. The number of ether oxygens (including phenoxy) is 1. The van der Waals surface area contributed by atoms with E-state index in [9.17, 15) is 0 Å². The molecule has 2 heteroatoms. The first-order valence-electron chi connectivity index (χ1n) is 7.50. The van der Waals surface area contributed by atoms with Crippen molar-refractivity contribution in [1.82, 2.24) is 0 Å². The zero-order valence-electron chi connectivity index (χ0n) is 12.5. The van der Waals surface area contributed by atoms with Crippen LogP contribution in [-0.2, 0) is 11.2 Å². The van der Waals surface area contributed by atoms with Crippen molar-refractivity contribution in [1.29, 1.82) is 0 Å². The molecule has 1 fully saturated rings. The molecule has 2 rings (SSSR count). The molecule has 1 aromatic carbocycles. The van der Waals surface area contributed by atoms with Gasteiger partial charge < -0.3 is 10.5 Å². The van der Waals surface area contributed by atoms with Gasteiger partial charge in [-0.1, -0.05) is 17.7 Å². The van der Waals surface area contributed by atoms with E-state index < -0.39 is 0 Å². The number of rotatable bonds is 4. The Bertz CT molecular complexity index is 398. The van der Waals surface area contributed by atoms with E-state index in [4.69, 9.17) is 10.5 Å². The maximum absolute atomic E-state index is 6.33. The van der Waals surface area contributed by atoms with Gasteiger partial charge in [0.1, 0.15) is 0 Å². The van der Waals surface area contributed by atoms with E-state index in [0.29, 0.717) is 6.10 Å². The summed E-state index contributed by atoms with van der Waals surface area (Å²) < 4.78 is 5.79. The lowest BCUT2D eigenvalue weighted by atomic mass is 9.92. The lowest BCUT2D eigenvalue weighted by molar-refractivity contribution is 0.00745. The van der Waals surface area contributed by atoms with E-state index in [1.807, 2.05) is 0 Å². The first-order chi connectivity index (χ1) is 9.06. The van der Waals surface area contributed by atoms with Crippen LogP contribution in [0.4, 0.5) is 0 Å². The second kappa shape index (κ2) is 6.53. The highest BCUT2D eigenvalue weighted by atomic mass is 16.5. The third kappa shape index (κ3) is 4.05. The number of benzene rings is 1. The smallest absolute Gasteiger partial charge is 0.0590 e. The Hall–Kier alpha value is -0.860. The first-order valence-corrected chi connectivity index (χ1v) is 7.50. The monoisotopic (exact) mass is 261 g/mol. The fraction of sp³-hybridized carbons (Fsp3) is 0.647. The summed E-state index contributed by atoms with van der Waals surface area (Å²) in [4.78, 5) is 0. The van der Waals surface area contributed by atoms with Gasteiger partial charge in [-0.05, 0) is 69.6 Å². The fourth-order valence-electron chi connectivity index (χ4n) is 3.21. The van der Waals surface area contributed by atoms with Gasteiger partial charge in [-0.3, -0.25) is 0 Å². The van der Waals surface area contributed by atoms with Crippen LogP contribution in [0.3, 0.4) is 0 Å². The Kier molecular flexibility index (Phi) is 5.00. The quantitative estimate of drug-likeness (QED) is 0.901. The van der Waals surface area contributed by atoms with Crippen LogP contribution >= 0.6 is 0 Å². The summed E-state index contributed by atoms with van der Waals surface area (Å²) in [6, 6.07) is 4.72. The van der Waals surface area contributed by atoms with Crippen molar-refractivity contribution < 1.29 is 4.74 Å². The highest BCUT2D eigenvalue weighted by Gasteiger charge is 2.18. The molecule has 19 heavy (non-hydrogen) atoms. The molecule has 1 saturated heterocycles. The van der Waals surface area contributed by atoms with Gasteiger partial charge in [0.25, 0.3) is 0 Å². The van der Waals surface area contributed by atoms with E-state index in [1.165, 1.54) is 41.5 Å². The van der Waals surface area contributed by atoms with Gasteiger partial charge in [0, 0.05) is 12.6 Å². The molecule has 2 N–H and O–H groups in total. The Morgan fingerprint density at radius 3 is 2.47 bits per heavy atom. The largest absolute Gasteiger partial charge is 0.378 e. The van der Waals surface area contributed by atoms with Gasteiger partial charge in [-0.15, -0.1) is 0 Å². The van der Waals surface area contributed by atoms with E-state index >= 15 is 0 Å². The lowest BCUT2D eigenvalue weighted by Crippen LogP contribution is -2.32. The third-order valence-corrected chi connectivity index (χ3v) is 4.15. The number of nitrogens with two attached hydrogens (primary N) is 1. The average molecular weight is 261 g/mol. The maximum Gasteiger partial charge on any atom is 0.0590 e. The highest BCUT2D eigenvalue weighted by molar-refractivity contribution is 5.37. The molecule has 0 amide bonds. The molecule has 0 bridgehead atoms. The highest BCUT2D eigenvalue weighted by Crippen LogP contribution is 2.21. The van der Waals surface area contributed by atoms with Crippen molar-refractivity contribution in [2.75, 3.05) is 6.61 Å². The van der Waals surface area contributed by atoms with Crippen LogP contribution in [0.1, 0.15) is 47.9 Å². The molecule has 2 unspecified atom stereocenters. The Morgan fingerprint density at radius 1 is 1.21 bits per heavy atom. The summed E-state index contributed by atoms with van der Waals surface area (Å²) in [6.45, 7) is 7.46. The molecule has 106 valence electrons. The minimum absolute atomic E-state index is 0.211. The van der Waals surface area contributed by atoms with Gasteiger partial charge >= 0.3 is 0 Å². The van der Waals surface area contributed by atoms with Crippen molar-refractivity contribution >= 4 is 0 Å². The molecule has 0 radical (unpaired) electrons. The molecule has 1 aliphatic rings. The van der Waals surface area contributed by atoms with Crippen LogP contribution in [0.15, 0.2) is 12.1 Å². The zero-order chi connectivity index (χ0) is 13.8. The van der Waals surface area contributed by atoms with Crippen LogP contribution in [0.5, 0.6) is 0 Å². The average Bonchev–Trinajstić information content (AvgIpc) is 2.35. The molecule has 1 aliphatic heterocycles. The second-order valence-electron chi connectivity index (χ2n) is 6.07. The molecule has 1 aromatic rings. The molecule has 1 heterocycles. The van der Waals surface area contributed by atoms with Crippen molar-refractivity contribution in [2.45, 2.75) is 65.0 Å². The van der Waals surface area contributed by atoms with Crippen LogP contribution in [0.25, 0.3) is 0 Å². The SMILES string of the molecule is Cc1cc(C)c(CC(N)CC2CCCCO2)c(C)c1. The maximum atomic E-state index is 6.33. The molecular weight excluding hydrogens is 234 g/mol. The van der Waals surface area contributed by atoms with Crippen molar-refractivity contribution in [3.63, 3.8) is 0 Å². The predicted molar refractivity (Wildman–Crippen MR) is 80.5 cm³/mol. The first kappa shape index (κ1) is 14.5. The third-order valence-electron chi connectivity index (χ3n) is 4.15. The summed E-state index contributed by atoms with van der Waals surface area (Å²) in [7, 11) is 0. The van der Waals surface area contributed by atoms with E-state index in [1.54, 1.807) is 0 Å². The van der Waals surface area contributed by atoms with Crippen LogP contribution in [0.2, 0.25) is 0 Å². The molecule has 2 atom stereocenters. The Balaban J connectivity index is 1.96. The molecule has 0 saturated carbocycles. The topological polar surface area (TPSA) is 35.2 Å². The molecule has 0 spiro atoms. The predicted octanol–water partition coefficient (Wildman–Crippen LogP) is 3.44. The summed E-state index contributed by atoms with van der Waals surface area (Å²) >= 11 is 0. The second-order valence-corrected chi connectivity index (χ2v) is 6.07. The molecule has 0 aromatic heterocycles. The van der Waals surface area contributed by atoms with Gasteiger partial charge in [-0.2, -0.15) is 0 Å². The van der Waals surface area contributed by atoms with Crippen molar-refractivity contribution in [2.24, 2.45) is 5.73 Å². The number of hydrogen-bond acceptors (Lipinski definition) is 2. The van der Waals surface area contributed by atoms with E-state index in [-0.39, 0.29) is 6.04 Å². The number of aryl methyl sites for hydroxylation is 3. The van der Waals surface area contributed by atoms with Gasteiger partial charge in [0.2, 0.25) is 0 Å². The normalized spacial score (nSPS) is 21.4. The summed E-state index contributed by atoms with van der Waals surface area (Å²) in [5.41, 5.74) is 11.8. The van der Waals surface area contributed by atoms with Crippen LogP contribution in [0, 0.1) is 20.8 Å². The van der Waals surface area contributed by atoms with Crippen LogP contribution < -0.4 is 5.73 Å². The van der Waals surface area contributed by atoms with Gasteiger partial charge in [-0.25, -0.2) is 0 Å². The number of hydrogen-bond donors (Lipinski definition) is 1. The fourth-order valence-corrected chi connectivity index (χ4v) is 3.21. The standard InChI is InChI=1S/C17H27NO/c1-12-8-13(2)17(14(3)9-12)11-15(18)10-16-6-4-5-7-19-16/h8-9,15-16H,4-7,10-11,18H2,1-3H3. The molecule has 2 nitrogen and oxygen atoms in total. The van der Waals surface area contributed by atoms with Gasteiger partial charge in [0.05, 0.1) is 6.10 Å². The summed E-state index contributed by atoms with van der Waals surface area (Å²) in [6.07, 6.45) is 6.03.